The van der Waals surface area contributed by atoms with E-state index in [0.29, 0.717) is 12.6 Å². The Hall–Kier alpha value is -1.32. The first-order chi connectivity index (χ1) is 7.41. The molecule has 0 aliphatic rings. The molecule has 0 bridgehead atoms. The van der Waals surface area contributed by atoms with Gasteiger partial charge >= 0.3 is 0 Å². The minimum Gasteiger partial charge on any atom is -0.297 e. The van der Waals surface area contributed by atoms with E-state index in [1.807, 2.05) is 0 Å². The highest BCUT2D eigenvalue weighted by Crippen LogP contribution is 2.02. The van der Waals surface area contributed by atoms with Gasteiger partial charge in [0.25, 0.3) is 0 Å². The highest BCUT2D eigenvalue weighted by atomic mass is 16.1. The van der Waals surface area contributed by atoms with Crippen LogP contribution in [0.1, 0.15) is 32.1 Å². The van der Waals surface area contributed by atoms with Gasteiger partial charge in [0.1, 0.15) is 0 Å². The molecule has 0 saturated heterocycles. The molecular weight excluding hydrogens is 192 g/mol. The molecule has 0 radical (unpaired) electrons. The number of aldehydes is 2. The van der Waals surface area contributed by atoms with E-state index in [1.54, 1.807) is 0 Å². The first kappa shape index (κ1) is 13.7. The Kier molecular flexibility index (Phi) is 11.6. The average Bonchev–Trinajstić information content (AvgIpc) is 2.26. The van der Waals surface area contributed by atoms with Crippen LogP contribution in [0.15, 0.2) is 9.98 Å². The van der Waals surface area contributed by atoms with Gasteiger partial charge in [-0.25, -0.2) is 0 Å². The van der Waals surface area contributed by atoms with Crippen LogP contribution in [0, 0.1) is 0 Å². The minimum absolute atomic E-state index is 0.699. The maximum Gasteiger partial charge on any atom is 0.160 e. The maximum atomic E-state index is 9.88. The summed E-state index contributed by atoms with van der Waals surface area (Å²) < 4.78 is 0. The molecule has 0 fully saturated rings. The Balaban J connectivity index is 3.04. The number of nitrogens with zero attached hydrogens (tertiary/aromatic N) is 2. The monoisotopic (exact) mass is 210 g/mol. The fourth-order valence-electron chi connectivity index (χ4n) is 1.17. The number of rotatable bonds is 10. The van der Waals surface area contributed by atoms with E-state index in [2.05, 4.69) is 9.98 Å². The summed E-state index contributed by atoms with van der Waals surface area (Å²) in [7, 11) is 0. The van der Waals surface area contributed by atoms with Crippen molar-refractivity contribution < 1.29 is 9.59 Å². The average molecular weight is 210 g/mol. The highest BCUT2D eigenvalue weighted by molar-refractivity contribution is 6.13. The second kappa shape index (κ2) is 12.7. The van der Waals surface area contributed by atoms with Crippen LogP contribution in [-0.2, 0) is 9.59 Å². The molecule has 0 atom stereocenters. The van der Waals surface area contributed by atoms with E-state index in [1.165, 1.54) is 12.4 Å². The zero-order valence-electron chi connectivity index (χ0n) is 8.97. The van der Waals surface area contributed by atoms with Crippen LogP contribution in [0.4, 0.5) is 0 Å². The predicted octanol–water partition coefficient (Wildman–Crippen LogP) is 1.48. The molecule has 4 nitrogen and oxygen atoms in total. The number of unbranched alkanes of at least 4 members (excludes halogenated alkanes) is 4. The van der Waals surface area contributed by atoms with Gasteiger partial charge in [-0.15, -0.1) is 0 Å². The molecule has 0 N–H and O–H groups in total. The van der Waals surface area contributed by atoms with E-state index < -0.39 is 0 Å². The van der Waals surface area contributed by atoms with Gasteiger partial charge in [-0.05, 0) is 12.8 Å². The summed E-state index contributed by atoms with van der Waals surface area (Å²) >= 11 is 0. The molecule has 0 aliphatic carbocycles. The third kappa shape index (κ3) is 12.7. The van der Waals surface area contributed by atoms with Crippen molar-refractivity contribution in [2.45, 2.75) is 32.1 Å². The molecule has 15 heavy (non-hydrogen) atoms. The summed E-state index contributed by atoms with van der Waals surface area (Å²) in [4.78, 5) is 27.5. The zero-order chi connectivity index (χ0) is 11.2. The molecule has 4 heteroatoms. The Morgan fingerprint density at radius 1 is 0.667 bits per heavy atom. The SMILES string of the molecule is O=CC=NCCCCCCCN=CC=O. The molecule has 0 spiro atoms. The van der Waals surface area contributed by atoms with Crippen molar-refractivity contribution in [2.24, 2.45) is 9.98 Å². The van der Waals surface area contributed by atoms with Crippen LogP contribution in [0.3, 0.4) is 0 Å². The van der Waals surface area contributed by atoms with E-state index in [9.17, 15) is 9.59 Å². The van der Waals surface area contributed by atoms with Crippen molar-refractivity contribution >= 4 is 25.0 Å². The van der Waals surface area contributed by atoms with Gasteiger partial charge in [0.15, 0.2) is 12.6 Å². The van der Waals surface area contributed by atoms with E-state index in [0.717, 1.165) is 45.2 Å². The third-order valence-corrected chi connectivity index (χ3v) is 1.91. The number of aliphatic imine (C=N–C) groups is 2. The molecule has 0 aromatic heterocycles. The van der Waals surface area contributed by atoms with Gasteiger partial charge in [-0.2, -0.15) is 0 Å². The van der Waals surface area contributed by atoms with Crippen molar-refractivity contribution in [2.75, 3.05) is 13.1 Å². The topological polar surface area (TPSA) is 58.9 Å². The Bertz CT molecular complexity index is 191. The molecule has 0 unspecified atom stereocenters. The lowest BCUT2D eigenvalue weighted by atomic mass is 10.1. The molecular formula is C11H18N2O2. The Labute approximate surface area is 90.5 Å². The first-order valence-corrected chi connectivity index (χ1v) is 5.29. The fourth-order valence-corrected chi connectivity index (χ4v) is 1.17. The summed E-state index contributed by atoms with van der Waals surface area (Å²) in [6.07, 6.45) is 9.48. The van der Waals surface area contributed by atoms with Crippen LogP contribution < -0.4 is 0 Å². The van der Waals surface area contributed by atoms with Crippen LogP contribution in [0.25, 0.3) is 0 Å². The summed E-state index contributed by atoms with van der Waals surface area (Å²) in [5.74, 6) is 0. The lowest BCUT2D eigenvalue weighted by Crippen LogP contribution is -1.87. The molecule has 0 saturated carbocycles. The van der Waals surface area contributed by atoms with Gasteiger partial charge in [0.05, 0.1) is 12.4 Å². The molecule has 0 aromatic carbocycles. The summed E-state index contributed by atoms with van der Waals surface area (Å²) in [6.45, 7) is 1.48. The minimum atomic E-state index is 0.699. The standard InChI is InChI=1S/C11H18N2O2/c14-10-8-12-6-4-2-1-3-5-7-13-9-11-15/h8-11H,1-7H2. The molecule has 0 aromatic rings. The summed E-state index contributed by atoms with van der Waals surface area (Å²) in [6, 6.07) is 0. The van der Waals surface area contributed by atoms with Gasteiger partial charge in [-0.1, -0.05) is 19.3 Å². The zero-order valence-corrected chi connectivity index (χ0v) is 8.97. The van der Waals surface area contributed by atoms with E-state index in [4.69, 9.17) is 0 Å². The highest BCUT2D eigenvalue weighted by Gasteiger charge is 1.89. The van der Waals surface area contributed by atoms with Crippen LogP contribution in [-0.4, -0.2) is 38.1 Å². The summed E-state index contributed by atoms with van der Waals surface area (Å²) in [5.41, 5.74) is 0. The van der Waals surface area contributed by atoms with Crippen molar-refractivity contribution in [1.29, 1.82) is 0 Å². The van der Waals surface area contributed by atoms with Gasteiger partial charge in [-0.3, -0.25) is 19.6 Å². The largest absolute Gasteiger partial charge is 0.297 e. The van der Waals surface area contributed by atoms with Crippen molar-refractivity contribution in [1.82, 2.24) is 0 Å². The fraction of sp³-hybridized carbons (Fsp3) is 0.636. The number of hydrogen-bond acceptors (Lipinski definition) is 4. The quantitative estimate of drug-likeness (QED) is 0.311. The van der Waals surface area contributed by atoms with E-state index >= 15 is 0 Å². The molecule has 0 heterocycles. The van der Waals surface area contributed by atoms with Crippen molar-refractivity contribution in [3.63, 3.8) is 0 Å². The number of carbonyl (C=O) groups is 2. The molecule has 0 aliphatic heterocycles. The molecule has 0 amide bonds. The Morgan fingerprint density at radius 2 is 1.07 bits per heavy atom. The van der Waals surface area contributed by atoms with Crippen LogP contribution in [0.2, 0.25) is 0 Å². The van der Waals surface area contributed by atoms with Crippen molar-refractivity contribution in [3.05, 3.63) is 0 Å². The second-order valence-corrected chi connectivity index (χ2v) is 3.15. The smallest absolute Gasteiger partial charge is 0.160 e. The van der Waals surface area contributed by atoms with Gasteiger partial charge in [0.2, 0.25) is 0 Å². The lowest BCUT2D eigenvalue weighted by Gasteiger charge is -1.97. The van der Waals surface area contributed by atoms with Gasteiger partial charge in [0, 0.05) is 13.1 Å². The van der Waals surface area contributed by atoms with Gasteiger partial charge < -0.3 is 0 Å². The molecule has 84 valence electrons. The summed E-state index contributed by atoms with van der Waals surface area (Å²) in [5, 5.41) is 0. The van der Waals surface area contributed by atoms with Crippen molar-refractivity contribution in [3.8, 4) is 0 Å². The normalized spacial score (nSPS) is 11.2. The first-order valence-electron chi connectivity index (χ1n) is 5.29. The van der Waals surface area contributed by atoms with Crippen LogP contribution in [0.5, 0.6) is 0 Å². The third-order valence-electron chi connectivity index (χ3n) is 1.91. The number of carbonyl (C=O) groups excluding carboxylic acids is 2. The Morgan fingerprint density at radius 3 is 1.47 bits per heavy atom. The van der Waals surface area contributed by atoms with Crippen LogP contribution >= 0.6 is 0 Å². The number of hydrogen-bond donors (Lipinski definition) is 0. The predicted molar refractivity (Wildman–Crippen MR) is 61.9 cm³/mol. The molecule has 0 rings (SSSR count). The lowest BCUT2D eigenvalue weighted by molar-refractivity contribution is -0.103. The maximum absolute atomic E-state index is 9.88. The second-order valence-electron chi connectivity index (χ2n) is 3.15. The van der Waals surface area contributed by atoms with E-state index in [-0.39, 0.29) is 0 Å².